The van der Waals surface area contributed by atoms with Crippen LogP contribution >= 0.6 is 28.6 Å². The molecule has 0 amide bonds. The summed E-state index contributed by atoms with van der Waals surface area (Å²) in [6.45, 7) is 0. The van der Waals surface area contributed by atoms with Crippen molar-refractivity contribution in [2.45, 2.75) is 4.90 Å². The Bertz CT molecular complexity index is 800. The van der Waals surface area contributed by atoms with E-state index in [9.17, 15) is 0 Å². The zero-order valence-electron chi connectivity index (χ0n) is 11.0. The Morgan fingerprint density at radius 3 is 2.80 bits per heavy atom. The first kappa shape index (κ1) is 13.5. The Balaban J connectivity index is 2.29. The monoisotopic (exact) mass is 349 g/mol. The number of rotatable bonds is 2. The molecule has 0 fully saturated rings. The van der Waals surface area contributed by atoms with E-state index >= 15 is 0 Å². The highest BCUT2D eigenvalue weighted by atomic mass is 79.9. The highest BCUT2D eigenvalue weighted by molar-refractivity contribution is 9.10. The van der Waals surface area contributed by atoms with Gasteiger partial charge in [-0.1, -0.05) is 0 Å². The molecule has 0 aliphatic carbocycles. The van der Waals surface area contributed by atoms with Crippen LogP contribution in [0.5, 0.6) is 5.75 Å². The second kappa shape index (κ2) is 5.10. The molecule has 2 aromatic heterocycles. The van der Waals surface area contributed by atoms with E-state index in [1.807, 2.05) is 31.4 Å². The minimum atomic E-state index is 0.751. The number of ether oxygens (including phenoxy) is 1. The number of fused-ring (bicyclic) bond motifs is 1. The Morgan fingerprint density at radius 1 is 1.35 bits per heavy atom. The third-order valence-corrected chi connectivity index (χ3v) is 4.22. The largest absolute Gasteiger partial charge is 0.495 e. The Morgan fingerprint density at radius 2 is 2.15 bits per heavy atom. The number of aryl methyl sites for hydroxylation is 1. The van der Waals surface area contributed by atoms with Crippen molar-refractivity contribution in [2.24, 2.45) is 7.05 Å². The summed E-state index contributed by atoms with van der Waals surface area (Å²) in [5.74, 6) is 0.751. The maximum Gasteiger partial charge on any atom is 0.135 e. The van der Waals surface area contributed by atoms with E-state index < -0.39 is 0 Å². The number of aromatic nitrogens is 3. The molecule has 1 aromatic carbocycles. The lowest BCUT2D eigenvalue weighted by molar-refractivity contribution is 0.413. The van der Waals surface area contributed by atoms with Gasteiger partial charge in [-0.25, -0.2) is 4.98 Å². The summed E-state index contributed by atoms with van der Waals surface area (Å²) in [6, 6.07) is 5.81. The fourth-order valence-corrected chi connectivity index (χ4v) is 2.98. The van der Waals surface area contributed by atoms with Crippen LogP contribution in [0.2, 0.25) is 0 Å². The number of thiol groups is 1. The topological polar surface area (TPSA) is 39.9 Å². The first-order valence-corrected chi connectivity index (χ1v) is 7.19. The summed E-state index contributed by atoms with van der Waals surface area (Å²) < 4.78 is 7.90. The van der Waals surface area contributed by atoms with E-state index in [1.165, 1.54) is 0 Å². The molecule has 3 rings (SSSR count). The van der Waals surface area contributed by atoms with Crippen molar-refractivity contribution < 1.29 is 4.74 Å². The van der Waals surface area contributed by atoms with Crippen LogP contribution in [0, 0.1) is 0 Å². The summed E-state index contributed by atoms with van der Waals surface area (Å²) in [6.07, 6.45) is 3.71. The van der Waals surface area contributed by atoms with Gasteiger partial charge in [0.1, 0.15) is 5.75 Å². The molecule has 0 aliphatic heterocycles. The molecule has 2 heterocycles. The van der Waals surface area contributed by atoms with E-state index in [2.05, 4.69) is 33.7 Å². The van der Waals surface area contributed by atoms with Gasteiger partial charge in [0.15, 0.2) is 0 Å². The standard InChI is InChI=1S/C14H12BrN3OS/c1-18-7-8(6-16-18)10-5-12(20)9-3-4-11(19-2)13(15)14(9)17-10/h3-7H,1-2H3,(H,17,20). The van der Waals surface area contributed by atoms with Gasteiger partial charge in [-0.15, -0.1) is 12.6 Å². The molecule has 0 radical (unpaired) electrons. The van der Waals surface area contributed by atoms with Gasteiger partial charge in [-0.3, -0.25) is 4.68 Å². The van der Waals surface area contributed by atoms with Gasteiger partial charge in [0, 0.05) is 29.1 Å². The fraction of sp³-hybridized carbons (Fsp3) is 0.143. The second-order valence-electron chi connectivity index (χ2n) is 4.41. The van der Waals surface area contributed by atoms with Crippen molar-refractivity contribution in [3.05, 3.63) is 35.1 Å². The molecule has 102 valence electrons. The highest BCUT2D eigenvalue weighted by Crippen LogP contribution is 2.36. The minimum Gasteiger partial charge on any atom is -0.495 e. The molecule has 4 nitrogen and oxygen atoms in total. The molecule has 0 saturated carbocycles. The molecule has 0 atom stereocenters. The maximum atomic E-state index is 5.31. The zero-order valence-corrected chi connectivity index (χ0v) is 13.4. The lowest BCUT2D eigenvalue weighted by Gasteiger charge is -2.09. The van der Waals surface area contributed by atoms with Crippen LogP contribution in [-0.4, -0.2) is 21.9 Å². The smallest absolute Gasteiger partial charge is 0.135 e. The SMILES string of the molecule is COc1ccc2c(S)cc(-c3cnn(C)c3)nc2c1Br. The number of pyridine rings is 1. The molecule has 0 N–H and O–H groups in total. The zero-order chi connectivity index (χ0) is 14.3. The van der Waals surface area contributed by atoms with Gasteiger partial charge in [0.05, 0.1) is 29.0 Å². The first-order valence-electron chi connectivity index (χ1n) is 5.95. The van der Waals surface area contributed by atoms with E-state index in [1.54, 1.807) is 18.0 Å². The van der Waals surface area contributed by atoms with E-state index in [0.717, 1.165) is 37.3 Å². The van der Waals surface area contributed by atoms with Crippen LogP contribution in [0.15, 0.2) is 40.0 Å². The normalized spacial score (nSPS) is 11.0. The average molecular weight is 350 g/mol. The number of hydrogen-bond acceptors (Lipinski definition) is 4. The first-order chi connectivity index (χ1) is 9.60. The van der Waals surface area contributed by atoms with Crippen molar-refractivity contribution in [3.8, 4) is 17.0 Å². The molecule has 0 unspecified atom stereocenters. The van der Waals surface area contributed by atoms with Gasteiger partial charge in [0.25, 0.3) is 0 Å². The van der Waals surface area contributed by atoms with Gasteiger partial charge in [-0.2, -0.15) is 5.10 Å². The van der Waals surface area contributed by atoms with E-state index in [4.69, 9.17) is 9.72 Å². The number of nitrogens with zero attached hydrogens (tertiary/aromatic N) is 3. The third-order valence-electron chi connectivity index (χ3n) is 3.08. The molecule has 0 spiro atoms. The van der Waals surface area contributed by atoms with Crippen molar-refractivity contribution >= 4 is 39.5 Å². The van der Waals surface area contributed by atoms with Crippen molar-refractivity contribution in [3.63, 3.8) is 0 Å². The third kappa shape index (κ3) is 2.19. The molecule has 3 aromatic rings. The lowest BCUT2D eigenvalue weighted by Crippen LogP contribution is -1.91. The average Bonchev–Trinajstić information content (AvgIpc) is 2.86. The van der Waals surface area contributed by atoms with Gasteiger partial charge < -0.3 is 4.74 Å². The predicted octanol–water partition coefficient (Wildman–Crippen LogP) is 3.70. The Hall–Kier alpha value is -1.53. The molecular weight excluding hydrogens is 338 g/mol. The van der Waals surface area contributed by atoms with Crippen LogP contribution in [0.3, 0.4) is 0 Å². The Labute approximate surface area is 130 Å². The van der Waals surface area contributed by atoms with Crippen LogP contribution in [0.4, 0.5) is 0 Å². The Kier molecular flexibility index (Phi) is 3.43. The van der Waals surface area contributed by atoms with Crippen LogP contribution in [0.25, 0.3) is 22.2 Å². The maximum absolute atomic E-state index is 5.31. The summed E-state index contributed by atoms with van der Waals surface area (Å²) in [4.78, 5) is 5.57. The van der Waals surface area contributed by atoms with Crippen LogP contribution in [0.1, 0.15) is 0 Å². The summed E-state index contributed by atoms with van der Waals surface area (Å²) in [5, 5.41) is 5.15. The van der Waals surface area contributed by atoms with Gasteiger partial charge in [-0.05, 0) is 34.1 Å². The number of methoxy groups -OCH3 is 1. The summed E-state index contributed by atoms with van der Waals surface area (Å²) in [7, 11) is 3.52. The molecule has 20 heavy (non-hydrogen) atoms. The number of benzene rings is 1. The summed E-state index contributed by atoms with van der Waals surface area (Å²) >= 11 is 8.10. The van der Waals surface area contributed by atoms with Gasteiger partial charge in [0.2, 0.25) is 0 Å². The van der Waals surface area contributed by atoms with Gasteiger partial charge >= 0.3 is 0 Å². The fourth-order valence-electron chi connectivity index (χ4n) is 2.08. The minimum absolute atomic E-state index is 0.751. The molecule has 6 heteroatoms. The highest BCUT2D eigenvalue weighted by Gasteiger charge is 2.12. The summed E-state index contributed by atoms with van der Waals surface area (Å²) in [5.41, 5.74) is 2.62. The quantitative estimate of drug-likeness (QED) is 0.717. The van der Waals surface area contributed by atoms with Crippen LogP contribution in [-0.2, 0) is 7.05 Å². The lowest BCUT2D eigenvalue weighted by atomic mass is 10.1. The van der Waals surface area contributed by atoms with Crippen molar-refractivity contribution in [1.82, 2.24) is 14.8 Å². The van der Waals surface area contributed by atoms with E-state index in [0.29, 0.717) is 0 Å². The predicted molar refractivity (Wildman–Crippen MR) is 85.4 cm³/mol. The van der Waals surface area contributed by atoms with E-state index in [-0.39, 0.29) is 0 Å². The number of halogens is 1. The number of hydrogen-bond donors (Lipinski definition) is 1. The van der Waals surface area contributed by atoms with Crippen LogP contribution < -0.4 is 4.74 Å². The molecule has 0 bridgehead atoms. The van der Waals surface area contributed by atoms with Crippen molar-refractivity contribution in [2.75, 3.05) is 7.11 Å². The molecular formula is C14H12BrN3OS. The molecule has 0 saturated heterocycles. The second-order valence-corrected chi connectivity index (χ2v) is 5.68. The molecule has 0 aliphatic rings. The van der Waals surface area contributed by atoms with Crippen molar-refractivity contribution in [1.29, 1.82) is 0 Å².